The van der Waals surface area contributed by atoms with Gasteiger partial charge in [0.2, 0.25) is 0 Å². The molecule has 174 valence electrons. The van der Waals surface area contributed by atoms with Gasteiger partial charge in [-0.2, -0.15) is 0 Å². The fourth-order valence-corrected chi connectivity index (χ4v) is 5.26. The standard InChI is InChI=1S/C24H20FN3O5S/c25-19-11-9-18(10-12-19)17-7-5-16(6-8-17)15-34(32,33)22(24(30)31)13-14-28-23(29)20-3-1-2-4-21(20)26-27-28/h1-12,22H,13-15H2,(H,30,31). The van der Waals surface area contributed by atoms with Crippen LogP contribution in [0.4, 0.5) is 4.39 Å². The summed E-state index contributed by atoms with van der Waals surface area (Å²) in [6, 6.07) is 19.0. The first-order chi connectivity index (χ1) is 16.2. The van der Waals surface area contributed by atoms with Crippen molar-refractivity contribution < 1.29 is 22.7 Å². The summed E-state index contributed by atoms with van der Waals surface area (Å²) in [7, 11) is -4.10. The van der Waals surface area contributed by atoms with Crippen LogP contribution in [0, 0.1) is 5.82 Å². The average molecular weight is 482 g/mol. The van der Waals surface area contributed by atoms with Crippen molar-refractivity contribution in [1.82, 2.24) is 15.0 Å². The van der Waals surface area contributed by atoms with Crippen molar-refractivity contribution in [3.05, 3.63) is 94.5 Å². The van der Waals surface area contributed by atoms with Crippen LogP contribution in [0.3, 0.4) is 0 Å². The molecule has 0 fully saturated rings. The smallest absolute Gasteiger partial charge is 0.321 e. The molecule has 0 aliphatic carbocycles. The van der Waals surface area contributed by atoms with Crippen molar-refractivity contribution in [3.63, 3.8) is 0 Å². The number of aryl methyl sites for hydroxylation is 1. The third kappa shape index (κ3) is 5.01. The first-order valence-corrected chi connectivity index (χ1v) is 12.1. The maximum absolute atomic E-state index is 13.1. The largest absolute Gasteiger partial charge is 0.480 e. The topological polar surface area (TPSA) is 119 Å². The minimum Gasteiger partial charge on any atom is -0.480 e. The number of halogens is 1. The average Bonchev–Trinajstić information content (AvgIpc) is 2.81. The van der Waals surface area contributed by atoms with Crippen LogP contribution < -0.4 is 5.56 Å². The molecular weight excluding hydrogens is 461 g/mol. The number of carboxylic acids is 1. The van der Waals surface area contributed by atoms with E-state index in [4.69, 9.17) is 0 Å². The van der Waals surface area contributed by atoms with E-state index in [1.807, 2.05) is 0 Å². The van der Waals surface area contributed by atoms with Crippen LogP contribution in [0.1, 0.15) is 12.0 Å². The fraction of sp³-hybridized carbons (Fsp3) is 0.167. The molecule has 0 aliphatic rings. The van der Waals surface area contributed by atoms with Crippen LogP contribution in [-0.4, -0.2) is 39.7 Å². The Morgan fingerprint density at radius 1 is 0.971 bits per heavy atom. The molecule has 0 bridgehead atoms. The number of aliphatic carboxylic acids is 1. The monoisotopic (exact) mass is 481 g/mol. The lowest BCUT2D eigenvalue weighted by atomic mass is 10.0. The van der Waals surface area contributed by atoms with Gasteiger partial charge in [0, 0.05) is 6.54 Å². The van der Waals surface area contributed by atoms with Crippen molar-refractivity contribution in [3.8, 4) is 11.1 Å². The third-order valence-electron chi connectivity index (χ3n) is 5.44. The number of sulfone groups is 1. The Kier molecular flexibility index (Phi) is 6.51. The summed E-state index contributed by atoms with van der Waals surface area (Å²) < 4.78 is 39.9. The molecule has 4 aromatic rings. The molecule has 0 amide bonds. The SMILES string of the molecule is O=C(O)C(CCn1nnc2ccccc2c1=O)S(=O)(=O)Cc1ccc(-c2ccc(F)cc2)cc1. The van der Waals surface area contributed by atoms with Gasteiger partial charge in [-0.3, -0.25) is 9.59 Å². The molecule has 0 spiro atoms. The van der Waals surface area contributed by atoms with Gasteiger partial charge in [0.1, 0.15) is 11.3 Å². The predicted molar refractivity (Wildman–Crippen MR) is 124 cm³/mol. The second kappa shape index (κ2) is 9.52. The van der Waals surface area contributed by atoms with E-state index in [0.29, 0.717) is 16.5 Å². The number of aromatic nitrogens is 3. The number of hydrogen-bond donors (Lipinski definition) is 1. The van der Waals surface area contributed by atoms with Gasteiger partial charge in [0.15, 0.2) is 15.1 Å². The lowest BCUT2D eigenvalue weighted by molar-refractivity contribution is -0.136. The highest BCUT2D eigenvalue weighted by Crippen LogP contribution is 2.22. The molecular formula is C24H20FN3O5S. The summed E-state index contributed by atoms with van der Waals surface area (Å²) in [5.41, 5.74) is 1.88. The second-order valence-electron chi connectivity index (χ2n) is 7.76. The van der Waals surface area contributed by atoms with Gasteiger partial charge in [0.05, 0.1) is 11.1 Å². The normalized spacial score (nSPS) is 12.5. The molecule has 1 atom stereocenters. The zero-order chi connectivity index (χ0) is 24.3. The number of benzene rings is 3. The van der Waals surface area contributed by atoms with E-state index in [9.17, 15) is 27.5 Å². The molecule has 0 aliphatic heterocycles. The summed E-state index contributed by atoms with van der Waals surface area (Å²) in [6.45, 7) is -0.212. The zero-order valence-electron chi connectivity index (χ0n) is 17.8. The molecule has 0 radical (unpaired) electrons. The Balaban J connectivity index is 1.50. The van der Waals surface area contributed by atoms with Gasteiger partial charge >= 0.3 is 5.97 Å². The molecule has 10 heteroatoms. The van der Waals surface area contributed by atoms with Gasteiger partial charge in [-0.25, -0.2) is 17.5 Å². The van der Waals surface area contributed by atoms with Crippen molar-refractivity contribution in [2.75, 3.05) is 0 Å². The van der Waals surface area contributed by atoms with Crippen LogP contribution in [-0.2, 0) is 26.9 Å². The lowest BCUT2D eigenvalue weighted by Crippen LogP contribution is -2.34. The van der Waals surface area contributed by atoms with Crippen LogP contribution in [0.5, 0.6) is 0 Å². The lowest BCUT2D eigenvalue weighted by Gasteiger charge is -2.14. The molecule has 0 saturated carbocycles. The van der Waals surface area contributed by atoms with E-state index in [2.05, 4.69) is 10.3 Å². The Morgan fingerprint density at radius 3 is 2.24 bits per heavy atom. The first-order valence-electron chi connectivity index (χ1n) is 10.4. The van der Waals surface area contributed by atoms with Crippen molar-refractivity contribution >= 4 is 26.7 Å². The van der Waals surface area contributed by atoms with Gasteiger partial charge < -0.3 is 5.11 Å². The molecule has 34 heavy (non-hydrogen) atoms. The summed E-state index contributed by atoms with van der Waals surface area (Å²) in [5.74, 6) is -2.33. The number of fused-ring (bicyclic) bond motifs is 1. The predicted octanol–water partition coefficient (Wildman–Crippen LogP) is 3.06. The highest BCUT2D eigenvalue weighted by atomic mass is 32.2. The Bertz CT molecular complexity index is 1500. The summed E-state index contributed by atoms with van der Waals surface area (Å²) in [6.07, 6.45) is -0.335. The Labute approximate surface area is 194 Å². The van der Waals surface area contributed by atoms with E-state index in [1.54, 1.807) is 60.7 Å². The summed E-state index contributed by atoms with van der Waals surface area (Å²) in [4.78, 5) is 24.4. The number of carboxylic acid groups (broad SMARTS) is 1. The Hall–Kier alpha value is -3.92. The number of rotatable bonds is 8. The van der Waals surface area contributed by atoms with Gasteiger partial charge in [-0.1, -0.05) is 53.7 Å². The Morgan fingerprint density at radius 2 is 1.59 bits per heavy atom. The van der Waals surface area contributed by atoms with Crippen molar-refractivity contribution in [1.29, 1.82) is 0 Å². The highest BCUT2D eigenvalue weighted by molar-refractivity contribution is 7.92. The maximum Gasteiger partial charge on any atom is 0.321 e. The van der Waals surface area contributed by atoms with Crippen LogP contribution in [0.25, 0.3) is 22.0 Å². The molecule has 1 N–H and O–H groups in total. The van der Waals surface area contributed by atoms with Crippen molar-refractivity contribution in [2.24, 2.45) is 0 Å². The van der Waals surface area contributed by atoms with E-state index in [0.717, 1.165) is 15.8 Å². The van der Waals surface area contributed by atoms with Crippen LogP contribution in [0.2, 0.25) is 0 Å². The molecule has 1 aromatic heterocycles. The van der Waals surface area contributed by atoms with E-state index in [-0.39, 0.29) is 18.8 Å². The van der Waals surface area contributed by atoms with Gasteiger partial charge in [0.25, 0.3) is 5.56 Å². The minimum absolute atomic E-state index is 0.212. The molecule has 0 saturated heterocycles. The van der Waals surface area contributed by atoms with E-state index in [1.165, 1.54) is 12.1 Å². The highest BCUT2D eigenvalue weighted by Gasteiger charge is 2.32. The summed E-state index contributed by atoms with van der Waals surface area (Å²) >= 11 is 0. The molecule has 3 aromatic carbocycles. The van der Waals surface area contributed by atoms with Crippen LogP contribution in [0.15, 0.2) is 77.6 Å². The van der Waals surface area contributed by atoms with Crippen LogP contribution >= 0.6 is 0 Å². The quantitative estimate of drug-likeness (QED) is 0.411. The first kappa shape index (κ1) is 23.2. The molecule has 4 rings (SSSR count). The molecule has 1 heterocycles. The fourth-order valence-electron chi connectivity index (χ4n) is 3.63. The number of carbonyl (C=O) groups is 1. The van der Waals surface area contributed by atoms with Gasteiger partial charge in [-0.15, -0.1) is 5.10 Å². The third-order valence-corrected chi connectivity index (χ3v) is 7.48. The number of nitrogens with zero attached hydrogens (tertiary/aromatic N) is 3. The van der Waals surface area contributed by atoms with Gasteiger partial charge in [-0.05, 0) is 47.4 Å². The maximum atomic E-state index is 13.1. The number of hydrogen-bond acceptors (Lipinski definition) is 6. The minimum atomic E-state index is -4.10. The summed E-state index contributed by atoms with van der Waals surface area (Å²) in [5, 5.41) is 15.9. The van der Waals surface area contributed by atoms with Crippen molar-refractivity contribution in [2.45, 2.75) is 24.0 Å². The second-order valence-corrected chi connectivity index (χ2v) is 9.94. The zero-order valence-corrected chi connectivity index (χ0v) is 18.7. The molecule has 8 nitrogen and oxygen atoms in total. The van der Waals surface area contributed by atoms with E-state index >= 15 is 0 Å². The van der Waals surface area contributed by atoms with E-state index < -0.39 is 32.4 Å². The molecule has 1 unspecified atom stereocenters.